The van der Waals surface area contributed by atoms with Crippen LogP contribution in [0.5, 0.6) is 0 Å². The van der Waals surface area contributed by atoms with Gasteiger partial charge in [0.15, 0.2) is 0 Å². The summed E-state index contributed by atoms with van der Waals surface area (Å²) in [4.78, 5) is 2.52. The third kappa shape index (κ3) is 5.78. The number of piperidine rings is 1. The lowest BCUT2D eigenvalue weighted by molar-refractivity contribution is -0.182. The molecule has 1 atom stereocenters. The Hall–Kier alpha value is -0.290. The van der Waals surface area contributed by atoms with Crippen molar-refractivity contribution in [2.24, 2.45) is 11.8 Å². The van der Waals surface area contributed by atoms with Crippen LogP contribution in [0.1, 0.15) is 51.9 Å². The first-order chi connectivity index (χ1) is 9.95. The van der Waals surface area contributed by atoms with Gasteiger partial charge in [-0.25, -0.2) is 0 Å². The highest BCUT2D eigenvalue weighted by Gasteiger charge is 2.41. The second kappa shape index (κ2) is 7.82. The van der Waals surface area contributed by atoms with Crippen molar-refractivity contribution >= 4 is 0 Å². The molecule has 1 aliphatic carbocycles. The second-order valence-electron chi connectivity index (χ2n) is 6.96. The average molecular weight is 306 g/mol. The highest BCUT2D eigenvalue weighted by molar-refractivity contribution is 4.81. The molecule has 21 heavy (non-hydrogen) atoms. The number of halogens is 3. The Morgan fingerprint density at radius 2 is 1.67 bits per heavy atom. The molecule has 1 heterocycles. The fraction of sp³-hybridized carbons (Fsp3) is 1.00. The standard InChI is InChI=1S/C16H29F3N2/c1-13(12-21-9-3-2-4-10-21)11-20-15-7-5-14(6-8-15)16(17,18)19/h13-15,20H,2-12H2,1H3. The van der Waals surface area contributed by atoms with Crippen molar-refractivity contribution in [2.75, 3.05) is 26.2 Å². The molecular formula is C16H29F3N2. The molecule has 2 nitrogen and oxygen atoms in total. The van der Waals surface area contributed by atoms with Gasteiger partial charge in [0.05, 0.1) is 5.92 Å². The maximum absolute atomic E-state index is 12.6. The van der Waals surface area contributed by atoms with E-state index in [1.165, 1.54) is 32.4 Å². The van der Waals surface area contributed by atoms with E-state index in [9.17, 15) is 13.2 Å². The van der Waals surface area contributed by atoms with Gasteiger partial charge in [0.2, 0.25) is 0 Å². The third-order valence-electron chi connectivity index (χ3n) is 4.96. The summed E-state index contributed by atoms with van der Waals surface area (Å²) in [6.45, 7) is 6.70. The Morgan fingerprint density at radius 3 is 2.24 bits per heavy atom. The smallest absolute Gasteiger partial charge is 0.314 e. The minimum absolute atomic E-state index is 0.285. The van der Waals surface area contributed by atoms with Crippen LogP contribution in [-0.2, 0) is 0 Å². The summed E-state index contributed by atoms with van der Waals surface area (Å²) in [5.41, 5.74) is 0. The Kier molecular flexibility index (Phi) is 6.35. The lowest BCUT2D eigenvalue weighted by Crippen LogP contribution is -2.41. The van der Waals surface area contributed by atoms with Crippen molar-refractivity contribution < 1.29 is 13.2 Å². The van der Waals surface area contributed by atoms with Crippen molar-refractivity contribution in [1.29, 1.82) is 0 Å². The number of nitrogens with one attached hydrogen (secondary N) is 1. The number of nitrogens with zero attached hydrogens (tertiary/aromatic N) is 1. The zero-order valence-electron chi connectivity index (χ0n) is 13.1. The number of rotatable bonds is 5. The van der Waals surface area contributed by atoms with E-state index in [0.717, 1.165) is 13.1 Å². The number of hydrogen-bond donors (Lipinski definition) is 1. The van der Waals surface area contributed by atoms with Crippen LogP contribution in [0.25, 0.3) is 0 Å². The van der Waals surface area contributed by atoms with E-state index in [1.54, 1.807) is 0 Å². The Bertz CT molecular complexity index is 292. The summed E-state index contributed by atoms with van der Waals surface area (Å²) in [5.74, 6) is -0.496. The highest BCUT2D eigenvalue weighted by Crippen LogP contribution is 2.37. The topological polar surface area (TPSA) is 15.3 Å². The summed E-state index contributed by atoms with van der Waals surface area (Å²) in [6, 6.07) is 0.285. The molecule has 1 saturated carbocycles. The molecule has 1 N–H and O–H groups in total. The molecule has 0 aromatic heterocycles. The first kappa shape index (κ1) is 17.1. The molecule has 5 heteroatoms. The Balaban J connectivity index is 1.60. The lowest BCUT2D eigenvalue weighted by Gasteiger charge is -2.32. The minimum atomic E-state index is -3.99. The van der Waals surface area contributed by atoms with E-state index in [2.05, 4.69) is 17.1 Å². The van der Waals surface area contributed by atoms with E-state index in [-0.39, 0.29) is 6.04 Å². The first-order valence-electron chi connectivity index (χ1n) is 8.47. The monoisotopic (exact) mass is 306 g/mol. The van der Waals surface area contributed by atoms with Gasteiger partial charge in [-0.1, -0.05) is 13.3 Å². The van der Waals surface area contributed by atoms with Crippen LogP contribution in [0.2, 0.25) is 0 Å². The molecule has 0 spiro atoms. The van der Waals surface area contributed by atoms with Gasteiger partial charge in [-0.3, -0.25) is 0 Å². The molecule has 0 aromatic carbocycles. The first-order valence-corrected chi connectivity index (χ1v) is 8.47. The molecule has 1 unspecified atom stereocenters. The van der Waals surface area contributed by atoms with Crippen molar-refractivity contribution in [2.45, 2.75) is 64.1 Å². The molecule has 0 radical (unpaired) electrons. The van der Waals surface area contributed by atoms with Crippen LogP contribution in [0, 0.1) is 11.8 Å². The molecular weight excluding hydrogens is 277 g/mol. The van der Waals surface area contributed by atoms with Crippen molar-refractivity contribution in [3.63, 3.8) is 0 Å². The fourth-order valence-corrected chi connectivity index (χ4v) is 3.64. The zero-order chi connectivity index (χ0) is 15.3. The lowest BCUT2D eigenvalue weighted by atomic mass is 9.85. The quantitative estimate of drug-likeness (QED) is 0.830. The molecule has 124 valence electrons. The van der Waals surface area contributed by atoms with E-state index in [0.29, 0.717) is 31.6 Å². The summed E-state index contributed by atoms with van der Waals surface area (Å²) in [6.07, 6.45) is 1.89. The Morgan fingerprint density at radius 1 is 1.05 bits per heavy atom. The molecule has 0 amide bonds. The van der Waals surface area contributed by atoms with Gasteiger partial charge in [-0.05, 0) is 64.1 Å². The predicted molar refractivity (Wildman–Crippen MR) is 79.3 cm³/mol. The second-order valence-corrected chi connectivity index (χ2v) is 6.96. The highest BCUT2D eigenvalue weighted by atomic mass is 19.4. The molecule has 0 bridgehead atoms. The summed E-state index contributed by atoms with van der Waals surface area (Å²) in [7, 11) is 0. The summed E-state index contributed by atoms with van der Waals surface area (Å²) < 4.78 is 37.9. The van der Waals surface area contributed by atoms with E-state index in [4.69, 9.17) is 0 Å². The van der Waals surface area contributed by atoms with Crippen molar-refractivity contribution in [1.82, 2.24) is 10.2 Å². The normalized spacial score (nSPS) is 30.3. The molecule has 2 rings (SSSR count). The third-order valence-corrected chi connectivity index (χ3v) is 4.96. The van der Waals surface area contributed by atoms with Crippen LogP contribution in [0.4, 0.5) is 13.2 Å². The SMILES string of the molecule is CC(CNC1CCC(C(F)(F)F)CC1)CN1CCCCC1. The number of likely N-dealkylation sites (tertiary alicyclic amines) is 1. The number of alkyl halides is 3. The van der Waals surface area contributed by atoms with Gasteiger partial charge >= 0.3 is 6.18 Å². The van der Waals surface area contributed by atoms with Gasteiger partial charge in [-0.2, -0.15) is 13.2 Å². The van der Waals surface area contributed by atoms with Crippen LogP contribution in [-0.4, -0.2) is 43.3 Å². The maximum Gasteiger partial charge on any atom is 0.391 e. The van der Waals surface area contributed by atoms with Crippen LogP contribution < -0.4 is 5.32 Å². The molecule has 2 fully saturated rings. The van der Waals surface area contributed by atoms with E-state index >= 15 is 0 Å². The van der Waals surface area contributed by atoms with Gasteiger partial charge in [0.25, 0.3) is 0 Å². The van der Waals surface area contributed by atoms with Crippen LogP contribution >= 0.6 is 0 Å². The van der Waals surface area contributed by atoms with E-state index in [1.807, 2.05) is 0 Å². The molecule has 2 aliphatic rings. The summed E-state index contributed by atoms with van der Waals surface area (Å²) >= 11 is 0. The summed E-state index contributed by atoms with van der Waals surface area (Å²) in [5, 5.41) is 3.49. The molecule has 1 saturated heterocycles. The molecule has 0 aromatic rings. The van der Waals surface area contributed by atoms with Crippen LogP contribution in [0.3, 0.4) is 0 Å². The minimum Gasteiger partial charge on any atom is -0.314 e. The average Bonchev–Trinajstić information content (AvgIpc) is 2.46. The molecule has 1 aliphatic heterocycles. The maximum atomic E-state index is 12.6. The van der Waals surface area contributed by atoms with E-state index < -0.39 is 12.1 Å². The van der Waals surface area contributed by atoms with Crippen molar-refractivity contribution in [3.8, 4) is 0 Å². The van der Waals surface area contributed by atoms with Crippen molar-refractivity contribution in [3.05, 3.63) is 0 Å². The predicted octanol–water partition coefficient (Wildman–Crippen LogP) is 3.82. The van der Waals surface area contributed by atoms with Gasteiger partial charge in [-0.15, -0.1) is 0 Å². The largest absolute Gasteiger partial charge is 0.391 e. The number of hydrogen-bond acceptors (Lipinski definition) is 2. The fourth-order valence-electron chi connectivity index (χ4n) is 3.64. The van der Waals surface area contributed by atoms with Gasteiger partial charge in [0.1, 0.15) is 0 Å². The van der Waals surface area contributed by atoms with Gasteiger partial charge < -0.3 is 10.2 Å². The zero-order valence-corrected chi connectivity index (χ0v) is 13.1. The van der Waals surface area contributed by atoms with Gasteiger partial charge in [0, 0.05) is 12.6 Å². The van der Waals surface area contributed by atoms with Crippen LogP contribution in [0.15, 0.2) is 0 Å². The Labute approximate surface area is 126 Å².